The van der Waals surface area contributed by atoms with Crippen molar-refractivity contribution in [1.29, 1.82) is 0 Å². The third kappa shape index (κ3) is 4.35. The molecule has 3 aromatic rings. The number of nitrogens with zero attached hydrogens (tertiary/aromatic N) is 1. The molecule has 7 heteroatoms. The summed E-state index contributed by atoms with van der Waals surface area (Å²) in [5.74, 6) is -0.343. The van der Waals surface area contributed by atoms with Crippen molar-refractivity contribution in [2.45, 2.75) is 18.7 Å². The first kappa shape index (κ1) is 19.1. The Kier molecular flexibility index (Phi) is 5.30. The molecule has 0 fully saturated rings. The van der Waals surface area contributed by atoms with Crippen LogP contribution in [-0.2, 0) is 10.0 Å². The molecule has 1 heterocycles. The highest BCUT2D eigenvalue weighted by molar-refractivity contribution is 7.92. The van der Waals surface area contributed by atoms with Gasteiger partial charge in [-0.25, -0.2) is 8.42 Å². The van der Waals surface area contributed by atoms with Crippen LogP contribution in [0.2, 0.25) is 5.02 Å². The zero-order valence-electron chi connectivity index (χ0n) is 14.7. The van der Waals surface area contributed by atoms with Gasteiger partial charge >= 0.3 is 0 Å². The number of aromatic nitrogens is 1. The Balaban J connectivity index is 2.02. The third-order valence-corrected chi connectivity index (χ3v) is 5.58. The first-order valence-corrected chi connectivity index (χ1v) is 9.99. The lowest BCUT2D eigenvalue weighted by Crippen LogP contribution is -2.16. The van der Waals surface area contributed by atoms with E-state index >= 15 is 0 Å². The van der Waals surface area contributed by atoms with Gasteiger partial charge in [0.2, 0.25) is 0 Å². The maximum absolute atomic E-state index is 12.9. The molecule has 0 aliphatic heterocycles. The van der Waals surface area contributed by atoms with Crippen LogP contribution in [0, 0.1) is 13.8 Å². The highest BCUT2D eigenvalue weighted by atomic mass is 35.5. The molecule has 0 bridgehead atoms. The molecule has 27 heavy (non-hydrogen) atoms. The average molecular weight is 401 g/mol. The van der Waals surface area contributed by atoms with Crippen molar-refractivity contribution in [2.75, 3.05) is 4.72 Å². The molecule has 0 saturated heterocycles. The summed E-state index contributed by atoms with van der Waals surface area (Å²) >= 11 is 6.04. The Hall–Kier alpha value is -2.70. The van der Waals surface area contributed by atoms with E-state index in [1.54, 1.807) is 31.2 Å². The number of hydrogen-bond acceptors (Lipinski definition) is 4. The lowest BCUT2D eigenvalue weighted by atomic mass is 10.0. The van der Waals surface area contributed by atoms with E-state index in [0.717, 1.165) is 5.56 Å². The fraction of sp³-hybridized carbons (Fsp3) is 0.100. The van der Waals surface area contributed by atoms with Gasteiger partial charge in [-0.2, -0.15) is 0 Å². The van der Waals surface area contributed by atoms with Crippen LogP contribution in [0.4, 0.5) is 5.69 Å². The first-order valence-electron chi connectivity index (χ1n) is 8.13. The average Bonchev–Trinajstić information content (AvgIpc) is 2.63. The normalized spacial score (nSPS) is 11.2. The van der Waals surface area contributed by atoms with Gasteiger partial charge in [0.1, 0.15) is 0 Å². The molecule has 3 rings (SSSR count). The quantitative estimate of drug-likeness (QED) is 0.644. The molecule has 0 spiro atoms. The monoisotopic (exact) mass is 400 g/mol. The predicted octanol–water partition coefficient (Wildman–Crippen LogP) is 4.38. The second-order valence-corrected chi connectivity index (χ2v) is 8.24. The summed E-state index contributed by atoms with van der Waals surface area (Å²) in [6.07, 6.45) is 1.53. The minimum absolute atomic E-state index is 0.112. The number of sulfonamides is 1. The second kappa shape index (κ2) is 7.50. The van der Waals surface area contributed by atoms with Crippen LogP contribution in [0.5, 0.6) is 0 Å². The highest BCUT2D eigenvalue weighted by Gasteiger charge is 2.20. The van der Waals surface area contributed by atoms with Crippen molar-refractivity contribution in [1.82, 2.24) is 4.98 Å². The maximum atomic E-state index is 12.9. The summed E-state index contributed by atoms with van der Waals surface area (Å²) in [6, 6.07) is 14.1. The van der Waals surface area contributed by atoms with Crippen LogP contribution in [-0.4, -0.2) is 19.2 Å². The Morgan fingerprint density at radius 3 is 2.37 bits per heavy atom. The third-order valence-electron chi connectivity index (χ3n) is 3.96. The van der Waals surface area contributed by atoms with Gasteiger partial charge < -0.3 is 0 Å². The topological polar surface area (TPSA) is 76.1 Å². The molecule has 138 valence electrons. The largest absolute Gasteiger partial charge is 0.289 e. The fourth-order valence-electron chi connectivity index (χ4n) is 2.56. The number of hydrogen-bond donors (Lipinski definition) is 1. The van der Waals surface area contributed by atoms with Crippen LogP contribution in [0.3, 0.4) is 0 Å². The van der Waals surface area contributed by atoms with E-state index in [2.05, 4.69) is 9.71 Å². The summed E-state index contributed by atoms with van der Waals surface area (Å²) in [4.78, 5) is 17.1. The Morgan fingerprint density at radius 1 is 1.00 bits per heavy atom. The van der Waals surface area contributed by atoms with Gasteiger partial charge in [0.15, 0.2) is 5.78 Å². The van der Waals surface area contributed by atoms with E-state index in [0.29, 0.717) is 16.3 Å². The Bertz CT molecular complexity index is 1110. The van der Waals surface area contributed by atoms with Gasteiger partial charge in [0.25, 0.3) is 10.0 Å². The van der Waals surface area contributed by atoms with Crippen LogP contribution in [0.15, 0.2) is 65.7 Å². The Morgan fingerprint density at radius 2 is 1.70 bits per heavy atom. The summed E-state index contributed by atoms with van der Waals surface area (Å²) in [5, 5.41) is 0.336. The van der Waals surface area contributed by atoms with E-state index in [1.807, 2.05) is 6.92 Å². The number of pyridine rings is 1. The van der Waals surface area contributed by atoms with Crippen molar-refractivity contribution in [3.63, 3.8) is 0 Å². The van der Waals surface area contributed by atoms with Crippen LogP contribution >= 0.6 is 11.6 Å². The zero-order chi connectivity index (χ0) is 19.6. The second-order valence-electron chi connectivity index (χ2n) is 6.12. The van der Waals surface area contributed by atoms with Gasteiger partial charge in [-0.05, 0) is 56.3 Å². The summed E-state index contributed by atoms with van der Waals surface area (Å²) in [6.45, 7) is 3.65. The van der Waals surface area contributed by atoms with Gasteiger partial charge in [0, 0.05) is 28.0 Å². The van der Waals surface area contributed by atoms with Gasteiger partial charge in [-0.15, -0.1) is 0 Å². The number of nitrogens with one attached hydrogen (secondary N) is 1. The maximum Gasteiger partial charge on any atom is 0.261 e. The smallest absolute Gasteiger partial charge is 0.261 e. The predicted molar refractivity (Wildman–Crippen MR) is 106 cm³/mol. The molecular weight excluding hydrogens is 384 g/mol. The molecule has 2 aromatic carbocycles. The van der Waals surface area contributed by atoms with Crippen molar-refractivity contribution in [3.8, 4) is 0 Å². The van der Waals surface area contributed by atoms with Crippen molar-refractivity contribution in [3.05, 3.63) is 88.2 Å². The molecule has 0 aliphatic carbocycles. The van der Waals surface area contributed by atoms with Crippen LogP contribution < -0.4 is 4.72 Å². The summed E-state index contributed by atoms with van der Waals surface area (Å²) in [7, 11) is -3.85. The molecule has 0 radical (unpaired) electrons. The van der Waals surface area contributed by atoms with E-state index in [9.17, 15) is 13.2 Å². The standard InChI is InChI=1S/C20H17ClN2O3S/c1-13-3-6-17(7-4-13)27(25,26)23-19-8-5-16(21)12-18(19)20(24)15-9-10-22-14(2)11-15/h3-12,23H,1-2H3. The fourth-order valence-corrected chi connectivity index (χ4v) is 3.81. The molecule has 5 nitrogen and oxygen atoms in total. The minimum atomic E-state index is -3.85. The SMILES string of the molecule is Cc1ccc(S(=O)(=O)Nc2ccc(Cl)cc2C(=O)c2ccnc(C)c2)cc1. The molecule has 1 N–H and O–H groups in total. The number of rotatable bonds is 5. The van der Waals surface area contributed by atoms with Crippen LogP contribution in [0.1, 0.15) is 27.2 Å². The lowest BCUT2D eigenvalue weighted by Gasteiger charge is -2.13. The number of halogens is 1. The number of carbonyl (C=O) groups excluding carboxylic acids is 1. The number of aryl methyl sites for hydroxylation is 2. The van der Waals surface area contributed by atoms with Gasteiger partial charge in [0.05, 0.1) is 10.6 Å². The van der Waals surface area contributed by atoms with E-state index in [4.69, 9.17) is 11.6 Å². The summed E-state index contributed by atoms with van der Waals surface area (Å²) < 4.78 is 27.9. The molecule has 0 amide bonds. The van der Waals surface area contributed by atoms with Crippen LogP contribution in [0.25, 0.3) is 0 Å². The first-order chi connectivity index (χ1) is 12.8. The molecule has 1 aromatic heterocycles. The molecule has 0 atom stereocenters. The zero-order valence-corrected chi connectivity index (χ0v) is 16.3. The number of carbonyl (C=O) groups is 1. The van der Waals surface area contributed by atoms with Gasteiger partial charge in [-0.1, -0.05) is 29.3 Å². The van der Waals surface area contributed by atoms with E-state index in [-0.39, 0.29) is 21.9 Å². The minimum Gasteiger partial charge on any atom is -0.289 e. The number of anilines is 1. The number of benzene rings is 2. The number of ketones is 1. The molecule has 0 unspecified atom stereocenters. The van der Waals surface area contributed by atoms with Crippen molar-refractivity contribution >= 4 is 33.1 Å². The highest BCUT2D eigenvalue weighted by Crippen LogP contribution is 2.26. The van der Waals surface area contributed by atoms with Gasteiger partial charge in [-0.3, -0.25) is 14.5 Å². The molecule has 0 saturated carbocycles. The van der Waals surface area contributed by atoms with E-state index < -0.39 is 10.0 Å². The molecular formula is C20H17ClN2O3S. The molecule has 0 aliphatic rings. The Labute approximate surface area is 163 Å². The van der Waals surface area contributed by atoms with Crippen molar-refractivity contribution < 1.29 is 13.2 Å². The summed E-state index contributed by atoms with van der Waals surface area (Å²) in [5.41, 5.74) is 2.37. The van der Waals surface area contributed by atoms with Crippen molar-refractivity contribution in [2.24, 2.45) is 0 Å². The van der Waals surface area contributed by atoms with E-state index in [1.165, 1.54) is 36.5 Å². The lowest BCUT2D eigenvalue weighted by molar-refractivity contribution is 0.103.